The number of aliphatic hydroxyl groups excluding tert-OH is 3. The van der Waals surface area contributed by atoms with E-state index < -0.39 is 24.3 Å². The Labute approximate surface area is 117 Å². The van der Waals surface area contributed by atoms with Gasteiger partial charge in [-0.2, -0.15) is 0 Å². The molecule has 0 heterocycles. The molecule has 1 unspecified atom stereocenters. The monoisotopic (exact) mass is 296 g/mol. The van der Waals surface area contributed by atoms with Crippen molar-refractivity contribution >= 4 is 11.9 Å². The van der Waals surface area contributed by atoms with Crippen LogP contribution in [0.5, 0.6) is 0 Å². The molecule has 0 aliphatic heterocycles. The van der Waals surface area contributed by atoms with Crippen LogP contribution in [0.2, 0.25) is 0 Å². The van der Waals surface area contributed by atoms with Crippen LogP contribution in [0, 0.1) is 0 Å². The van der Waals surface area contributed by atoms with Gasteiger partial charge in [-0.25, -0.2) is 0 Å². The van der Waals surface area contributed by atoms with Crippen molar-refractivity contribution in [3.63, 3.8) is 0 Å². The third-order valence-corrected chi connectivity index (χ3v) is 2.24. The van der Waals surface area contributed by atoms with Crippen molar-refractivity contribution in [3.05, 3.63) is 0 Å². The maximum absolute atomic E-state index is 9.90. The van der Waals surface area contributed by atoms with Crippen molar-refractivity contribution in [2.75, 3.05) is 6.61 Å². The summed E-state index contributed by atoms with van der Waals surface area (Å²) < 4.78 is 0. The number of unbranched alkanes of at least 4 members (excludes halogenated alkanes) is 1. The Morgan fingerprint density at radius 2 is 1.25 bits per heavy atom. The van der Waals surface area contributed by atoms with Crippen molar-refractivity contribution < 1.29 is 40.2 Å². The van der Waals surface area contributed by atoms with Crippen LogP contribution >= 0.6 is 0 Å². The number of carboxylic acids is 2. The van der Waals surface area contributed by atoms with Crippen LogP contribution in [-0.4, -0.2) is 61.6 Å². The summed E-state index contributed by atoms with van der Waals surface area (Å²) in [5.41, 5.74) is 0. The van der Waals surface area contributed by atoms with Gasteiger partial charge in [0.25, 0.3) is 0 Å². The highest BCUT2D eigenvalue weighted by atomic mass is 16.5. The predicted molar refractivity (Wildman–Crippen MR) is 68.9 cm³/mol. The molecule has 0 aromatic carbocycles. The molecule has 0 saturated carbocycles. The topological polar surface area (TPSA) is 156 Å². The molecule has 1 atom stereocenters. The van der Waals surface area contributed by atoms with Crippen LogP contribution in [0.25, 0.3) is 0 Å². The van der Waals surface area contributed by atoms with Crippen molar-refractivity contribution in [1.82, 2.24) is 0 Å². The second-order valence-electron chi connectivity index (χ2n) is 4.24. The summed E-state index contributed by atoms with van der Waals surface area (Å²) in [4.78, 5) is 19.8. The Morgan fingerprint density at radius 1 is 0.800 bits per heavy atom. The molecule has 0 aliphatic rings. The molecule has 0 spiro atoms. The molecule has 0 saturated heterocycles. The third kappa shape index (κ3) is 22.0. The molecule has 0 fully saturated rings. The average Bonchev–Trinajstić information content (AvgIpc) is 2.34. The number of aliphatic carboxylic acids is 2. The maximum atomic E-state index is 9.90. The Kier molecular flexibility index (Phi) is 15.0. The molecule has 0 aliphatic carbocycles. The highest BCUT2D eigenvalue weighted by Gasteiger charge is 2.03. The fourth-order valence-electron chi connectivity index (χ4n) is 1.18. The van der Waals surface area contributed by atoms with Crippen molar-refractivity contribution in [1.29, 1.82) is 0 Å². The van der Waals surface area contributed by atoms with Gasteiger partial charge in [0.15, 0.2) is 6.29 Å². The minimum Gasteiger partial charge on any atom is -0.481 e. The first-order valence-electron chi connectivity index (χ1n) is 6.38. The number of carbonyl (C=O) groups is 2. The third-order valence-electron chi connectivity index (χ3n) is 2.24. The van der Waals surface area contributed by atoms with Crippen LogP contribution in [0.1, 0.15) is 44.9 Å². The summed E-state index contributed by atoms with van der Waals surface area (Å²) >= 11 is 0. The van der Waals surface area contributed by atoms with E-state index in [-0.39, 0.29) is 25.9 Å². The number of hydrogen-bond donors (Lipinski definition) is 6. The van der Waals surface area contributed by atoms with Crippen LogP contribution in [0.3, 0.4) is 0 Å². The molecule has 0 bridgehead atoms. The van der Waals surface area contributed by atoms with Gasteiger partial charge in [0.2, 0.25) is 0 Å². The number of aliphatic hydroxyl groups is 4. The first-order valence-corrected chi connectivity index (χ1v) is 6.38. The Bertz CT molecular complexity index is 238. The van der Waals surface area contributed by atoms with Gasteiger partial charge in [-0.1, -0.05) is 0 Å². The SMILES string of the molecule is O=C(O)CCCCC(=O)O.OCC(O)CCCC(O)O. The van der Waals surface area contributed by atoms with Crippen LogP contribution < -0.4 is 0 Å². The standard InChI is InChI=1S/C6H14O4.C6H10O4/c7-4-5(8)2-1-3-6(9)10;7-5(8)3-1-2-4-6(9)10/h5-10H,1-4H2;1-4H2,(H,7,8)(H,9,10). The summed E-state index contributed by atoms with van der Waals surface area (Å²) in [7, 11) is 0. The van der Waals surface area contributed by atoms with E-state index in [9.17, 15) is 9.59 Å². The van der Waals surface area contributed by atoms with Gasteiger partial charge in [-0.15, -0.1) is 0 Å². The highest BCUT2D eigenvalue weighted by Crippen LogP contribution is 2.01. The van der Waals surface area contributed by atoms with E-state index in [1.165, 1.54) is 0 Å². The molecule has 120 valence electrons. The van der Waals surface area contributed by atoms with Crippen molar-refractivity contribution in [3.8, 4) is 0 Å². The van der Waals surface area contributed by atoms with Gasteiger partial charge >= 0.3 is 11.9 Å². The van der Waals surface area contributed by atoms with Gasteiger partial charge in [0, 0.05) is 12.8 Å². The average molecular weight is 296 g/mol. The quantitative estimate of drug-likeness (QED) is 0.233. The molecule has 8 heteroatoms. The van der Waals surface area contributed by atoms with Gasteiger partial charge in [0.1, 0.15) is 0 Å². The lowest BCUT2D eigenvalue weighted by molar-refractivity contribution is -0.139. The molecule has 0 aromatic heterocycles. The molecular weight excluding hydrogens is 272 g/mol. The largest absolute Gasteiger partial charge is 0.481 e. The molecule has 0 radical (unpaired) electrons. The zero-order chi connectivity index (χ0) is 16.0. The normalized spacial score (nSPS) is 11.7. The Hall–Kier alpha value is -1.22. The summed E-state index contributed by atoms with van der Waals surface area (Å²) in [5.74, 6) is -1.74. The lowest BCUT2D eigenvalue weighted by Crippen LogP contribution is -2.13. The second kappa shape index (κ2) is 14.2. The Morgan fingerprint density at radius 3 is 1.55 bits per heavy atom. The van der Waals surface area contributed by atoms with Crippen LogP contribution in [-0.2, 0) is 9.59 Å². The van der Waals surface area contributed by atoms with E-state index in [0.717, 1.165) is 0 Å². The lowest BCUT2D eigenvalue weighted by Gasteiger charge is -2.06. The summed E-state index contributed by atoms with van der Waals surface area (Å²) in [6, 6.07) is 0. The van der Waals surface area contributed by atoms with Crippen molar-refractivity contribution in [2.45, 2.75) is 57.3 Å². The second-order valence-corrected chi connectivity index (χ2v) is 4.24. The zero-order valence-electron chi connectivity index (χ0n) is 11.3. The highest BCUT2D eigenvalue weighted by molar-refractivity contribution is 5.67. The molecule has 0 rings (SSSR count). The fraction of sp³-hybridized carbons (Fsp3) is 0.833. The van der Waals surface area contributed by atoms with Gasteiger partial charge in [0.05, 0.1) is 12.7 Å². The van der Waals surface area contributed by atoms with Gasteiger partial charge in [-0.3, -0.25) is 9.59 Å². The van der Waals surface area contributed by atoms with Crippen LogP contribution in [0.15, 0.2) is 0 Å². The molecule has 20 heavy (non-hydrogen) atoms. The van der Waals surface area contributed by atoms with Gasteiger partial charge in [-0.05, 0) is 32.1 Å². The summed E-state index contributed by atoms with van der Waals surface area (Å²) in [6.07, 6.45) is 0.165. The fourth-order valence-corrected chi connectivity index (χ4v) is 1.18. The first-order chi connectivity index (χ1) is 9.29. The summed E-state index contributed by atoms with van der Waals surface area (Å²) in [6.45, 7) is -0.262. The van der Waals surface area contributed by atoms with Gasteiger partial charge < -0.3 is 30.6 Å². The molecule has 0 amide bonds. The minimum atomic E-state index is -1.30. The smallest absolute Gasteiger partial charge is 0.303 e. The van der Waals surface area contributed by atoms with E-state index >= 15 is 0 Å². The number of carboxylic acid groups (broad SMARTS) is 2. The Balaban J connectivity index is 0. The molecule has 8 nitrogen and oxygen atoms in total. The van der Waals surface area contributed by atoms with E-state index in [1.807, 2.05) is 0 Å². The summed E-state index contributed by atoms with van der Waals surface area (Å²) in [5, 5.41) is 50.0. The first kappa shape index (κ1) is 21.1. The molecular formula is C12H24O8. The van der Waals surface area contributed by atoms with E-state index in [4.69, 9.17) is 30.6 Å². The molecule has 0 aromatic rings. The van der Waals surface area contributed by atoms with E-state index in [0.29, 0.717) is 25.7 Å². The van der Waals surface area contributed by atoms with E-state index in [2.05, 4.69) is 0 Å². The minimum absolute atomic E-state index is 0.0628. The predicted octanol–water partition coefficient (Wildman–Crippen LogP) is -0.463. The number of rotatable bonds is 10. The zero-order valence-corrected chi connectivity index (χ0v) is 11.3. The van der Waals surface area contributed by atoms with Crippen LogP contribution in [0.4, 0.5) is 0 Å². The number of hydrogen-bond acceptors (Lipinski definition) is 6. The van der Waals surface area contributed by atoms with E-state index in [1.54, 1.807) is 0 Å². The van der Waals surface area contributed by atoms with Crippen molar-refractivity contribution in [2.24, 2.45) is 0 Å². The maximum Gasteiger partial charge on any atom is 0.303 e. The lowest BCUT2D eigenvalue weighted by atomic mass is 10.1. The molecule has 6 N–H and O–H groups in total.